The molecule has 3 aromatic carbocycles. The van der Waals surface area contributed by atoms with E-state index in [1.807, 2.05) is 19.1 Å². The molecule has 190 valence electrons. The minimum atomic E-state index is -0.513. The number of H-pyrrole nitrogens is 1. The number of primary amides is 1. The number of anilines is 1. The fourth-order valence-corrected chi connectivity index (χ4v) is 4.22. The summed E-state index contributed by atoms with van der Waals surface area (Å²) in [6.07, 6.45) is 1.79. The monoisotopic (exact) mass is 498 g/mol. The van der Waals surface area contributed by atoms with E-state index in [1.54, 1.807) is 30.3 Å². The molecular weight excluding hydrogens is 468 g/mol. The summed E-state index contributed by atoms with van der Waals surface area (Å²) < 4.78 is 0. The van der Waals surface area contributed by atoms with Crippen molar-refractivity contribution >= 4 is 17.5 Å². The van der Waals surface area contributed by atoms with Crippen LogP contribution in [0, 0.1) is 6.92 Å². The van der Waals surface area contributed by atoms with Crippen molar-refractivity contribution in [2.45, 2.75) is 39.4 Å². The van der Waals surface area contributed by atoms with Crippen LogP contribution in [0.5, 0.6) is 0 Å². The molecule has 1 aromatic heterocycles. The van der Waals surface area contributed by atoms with Gasteiger partial charge in [0.2, 0.25) is 0 Å². The highest BCUT2D eigenvalue weighted by Gasteiger charge is 2.18. The maximum Gasteiger partial charge on any atom is 0.255 e. The quantitative estimate of drug-likeness (QED) is 0.228. The van der Waals surface area contributed by atoms with Gasteiger partial charge in [-0.3, -0.25) is 14.7 Å². The Kier molecular flexibility index (Phi) is 8.12. The molecule has 0 spiro atoms. The van der Waals surface area contributed by atoms with E-state index in [9.17, 15) is 19.8 Å². The number of aliphatic hydroxyl groups is 2. The van der Waals surface area contributed by atoms with Gasteiger partial charge in [-0.1, -0.05) is 48.0 Å². The topological polar surface area (TPSA) is 141 Å². The Balaban J connectivity index is 1.42. The summed E-state index contributed by atoms with van der Waals surface area (Å²) in [7, 11) is 0. The Hall–Kier alpha value is -4.27. The normalized spacial score (nSPS) is 10.9. The smallest absolute Gasteiger partial charge is 0.255 e. The van der Waals surface area contributed by atoms with E-state index in [2.05, 4.69) is 39.8 Å². The number of nitrogens with two attached hydrogens (primary N) is 1. The number of carbonyl (C=O) groups is 2. The third kappa shape index (κ3) is 6.30. The maximum absolute atomic E-state index is 12.6. The summed E-state index contributed by atoms with van der Waals surface area (Å²) in [5, 5.41) is 29.0. The molecule has 0 atom stereocenters. The van der Waals surface area contributed by atoms with Crippen molar-refractivity contribution in [3.63, 3.8) is 0 Å². The molecule has 0 unspecified atom stereocenters. The minimum Gasteiger partial charge on any atom is -0.392 e. The molecule has 0 aliphatic rings. The zero-order chi connectivity index (χ0) is 26.4. The van der Waals surface area contributed by atoms with Crippen molar-refractivity contribution < 1.29 is 19.8 Å². The molecule has 1 heterocycles. The second-order valence-corrected chi connectivity index (χ2v) is 9.00. The van der Waals surface area contributed by atoms with Crippen molar-refractivity contribution in [1.82, 2.24) is 10.2 Å². The van der Waals surface area contributed by atoms with Crippen LogP contribution in [0.15, 0.2) is 66.7 Å². The van der Waals surface area contributed by atoms with Crippen LogP contribution in [0.25, 0.3) is 0 Å². The molecule has 2 amide bonds. The van der Waals surface area contributed by atoms with Gasteiger partial charge in [0.05, 0.1) is 30.2 Å². The lowest BCUT2D eigenvalue weighted by Gasteiger charge is -2.10. The Morgan fingerprint density at radius 2 is 1.57 bits per heavy atom. The first-order chi connectivity index (χ1) is 17.9. The fraction of sp³-hybridized carbons (Fsp3) is 0.207. The van der Waals surface area contributed by atoms with E-state index >= 15 is 0 Å². The molecule has 0 fully saturated rings. The van der Waals surface area contributed by atoms with Gasteiger partial charge in [0.1, 0.15) is 0 Å². The SMILES string of the molecule is Cc1ccc(CCc2n[nH]c(Cc3ccc(NC(=O)c4ccc(CO)c(CO)c4)cc3)c2C(N)=O)cc1. The van der Waals surface area contributed by atoms with E-state index in [1.165, 1.54) is 11.1 Å². The molecule has 0 aliphatic heterocycles. The van der Waals surface area contributed by atoms with Crippen LogP contribution in [0.2, 0.25) is 0 Å². The van der Waals surface area contributed by atoms with Crippen molar-refractivity contribution in [3.8, 4) is 0 Å². The number of benzene rings is 3. The number of hydrogen-bond acceptors (Lipinski definition) is 5. The summed E-state index contributed by atoms with van der Waals surface area (Å²) in [4.78, 5) is 24.9. The average molecular weight is 499 g/mol. The maximum atomic E-state index is 12.6. The van der Waals surface area contributed by atoms with Crippen molar-refractivity contribution in [2.75, 3.05) is 5.32 Å². The molecule has 0 bridgehead atoms. The third-order valence-corrected chi connectivity index (χ3v) is 6.34. The number of nitrogens with one attached hydrogen (secondary N) is 2. The number of hydrogen-bond donors (Lipinski definition) is 5. The number of nitrogens with zero attached hydrogens (tertiary/aromatic N) is 1. The third-order valence-electron chi connectivity index (χ3n) is 6.34. The summed E-state index contributed by atoms with van der Waals surface area (Å²) in [6.45, 7) is 1.57. The van der Waals surface area contributed by atoms with Gasteiger partial charge in [-0.05, 0) is 66.3 Å². The lowest BCUT2D eigenvalue weighted by atomic mass is 10.0. The minimum absolute atomic E-state index is 0.207. The number of aryl methyl sites for hydroxylation is 3. The van der Waals surface area contributed by atoms with Crippen molar-refractivity contribution in [2.24, 2.45) is 5.73 Å². The standard InChI is InChI=1S/C29H30N4O4/c1-18-2-4-19(5-3-18)8-13-25-27(28(30)36)26(33-32-25)14-20-6-11-24(12-7-20)31-29(37)21-9-10-22(16-34)23(15-21)17-35/h2-7,9-12,15,34-35H,8,13-14,16-17H2,1H3,(H2,30,36)(H,31,37)(H,32,33). The van der Waals surface area contributed by atoms with Crippen LogP contribution >= 0.6 is 0 Å². The fourth-order valence-electron chi connectivity index (χ4n) is 4.22. The van der Waals surface area contributed by atoms with E-state index in [0.29, 0.717) is 52.2 Å². The lowest BCUT2D eigenvalue weighted by Crippen LogP contribution is -2.15. The Morgan fingerprint density at radius 3 is 2.22 bits per heavy atom. The van der Waals surface area contributed by atoms with Gasteiger partial charge in [0.25, 0.3) is 11.8 Å². The van der Waals surface area contributed by atoms with Crippen molar-refractivity contribution in [3.05, 3.63) is 117 Å². The highest BCUT2D eigenvalue weighted by Crippen LogP contribution is 2.20. The molecular formula is C29H30N4O4. The predicted molar refractivity (Wildman–Crippen MR) is 141 cm³/mol. The van der Waals surface area contributed by atoms with Crippen LogP contribution in [0.1, 0.15) is 59.9 Å². The van der Waals surface area contributed by atoms with Gasteiger partial charge >= 0.3 is 0 Å². The van der Waals surface area contributed by atoms with Crippen molar-refractivity contribution in [1.29, 1.82) is 0 Å². The Morgan fingerprint density at radius 1 is 0.892 bits per heavy atom. The van der Waals surface area contributed by atoms with Gasteiger partial charge in [-0.15, -0.1) is 0 Å². The average Bonchev–Trinajstić information content (AvgIpc) is 3.31. The van der Waals surface area contributed by atoms with E-state index in [0.717, 1.165) is 12.0 Å². The number of aromatic amines is 1. The van der Waals surface area contributed by atoms with Gasteiger partial charge in [-0.2, -0.15) is 5.10 Å². The summed E-state index contributed by atoms with van der Waals surface area (Å²) >= 11 is 0. The lowest BCUT2D eigenvalue weighted by molar-refractivity contribution is 0.0996. The van der Waals surface area contributed by atoms with Gasteiger partial charge in [-0.25, -0.2) is 0 Å². The molecule has 37 heavy (non-hydrogen) atoms. The molecule has 8 nitrogen and oxygen atoms in total. The van der Waals surface area contributed by atoms with Crippen LogP contribution in [-0.2, 0) is 32.5 Å². The first-order valence-electron chi connectivity index (χ1n) is 12.0. The largest absolute Gasteiger partial charge is 0.392 e. The zero-order valence-electron chi connectivity index (χ0n) is 20.6. The molecule has 4 aromatic rings. The summed E-state index contributed by atoms with van der Waals surface area (Å²) in [5.41, 5.74) is 12.8. The number of aliphatic hydroxyl groups excluding tert-OH is 2. The van der Waals surface area contributed by atoms with E-state index in [-0.39, 0.29) is 19.1 Å². The van der Waals surface area contributed by atoms with Crippen LogP contribution in [-0.4, -0.2) is 32.2 Å². The predicted octanol–water partition coefficient (Wildman–Crippen LogP) is 3.43. The number of aromatic nitrogens is 2. The summed E-state index contributed by atoms with van der Waals surface area (Å²) in [5.74, 6) is -0.837. The molecule has 0 aliphatic carbocycles. The van der Waals surface area contributed by atoms with Gasteiger partial charge in [0, 0.05) is 17.7 Å². The molecule has 0 saturated heterocycles. The highest BCUT2D eigenvalue weighted by atomic mass is 16.3. The number of amides is 2. The molecule has 0 radical (unpaired) electrons. The Bertz CT molecular complexity index is 1390. The molecule has 4 rings (SSSR count). The zero-order valence-corrected chi connectivity index (χ0v) is 20.6. The molecule has 8 heteroatoms. The number of rotatable bonds is 10. The van der Waals surface area contributed by atoms with E-state index in [4.69, 9.17) is 5.73 Å². The highest BCUT2D eigenvalue weighted by molar-refractivity contribution is 6.04. The van der Waals surface area contributed by atoms with Crippen LogP contribution < -0.4 is 11.1 Å². The Labute approximate surface area is 215 Å². The first kappa shape index (κ1) is 25.8. The summed E-state index contributed by atoms with van der Waals surface area (Å²) in [6, 6.07) is 20.3. The van der Waals surface area contributed by atoms with E-state index < -0.39 is 5.91 Å². The molecule has 6 N–H and O–H groups in total. The van der Waals surface area contributed by atoms with Crippen LogP contribution in [0.4, 0.5) is 5.69 Å². The van der Waals surface area contributed by atoms with Crippen LogP contribution in [0.3, 0.4) is 0 Å². The van der Waals surface area contributed by atoms with Gasteiger partial charge < -0.3 is 21.3 Å². The van der Waals surface area contributed by atoms with Gasteiger partial charge in [0.15, 0.2) is 0 Å². The second-order valence-electron chi connectivity index (χ2n) is 9.00. The second kappa shape index (κ2) is 11.6. The molecule has 0 saturated carbocycles. The number of carbonyl (C=O) groups excluding carboxylic acids is 2. The first-order valence-corrected chi connectivity index (χ1v) is 12.0.